The lowest BCUT2D eigenvalue weighted by Crippen LogP contribution is -2.55. The lowest BCUT2D eigenvalue weighted by molar-refractivity contribution is -0.0197. The zero-order valence-electron chi connectivity index (χ0n) is 16.3. The van der Waals surface area contributed by atoms with Crippen LogP contribution in [0.1, 0.15) is 47.8 Å². The molecule has 0 atom stereocenters. The summed E-state index contributed by atoms with van der Waals surface area (Å²) < 4.78 is 0. The Bertz CT molecular complexity index is 1310. The second-order valence-corrected chi connectivity index (χ2v) is 8.79. The zero-order chi connectivity index (χ0) is 20.3. The number of carbonyl (C=O) groups excluding carboxylic acids is 1. The van der Waals surface area contributed by atoms with Gasteiger partial charge in [0.2, 0.25) is 0 Å². The van der Waals surface area contributed by atoms with E-state index >= 15 is 0 Å². The van der Waals surface area contributed by atoms with Crippen molar-refractivity contribution >= 4 is 27.7 Å². The molecule has 4 aromatic rings. The molecule has 0 aliphatic heterocycles. The van der Waals surface area contributed by atoms with Gasteiger partial charge in [0.15, 0.2) is 0 Å². The molecule has 6 rings (SSSR count). The molecular formula is C23H21N5O2. The summed E-state index contributed by atoms with van der Waals surface area (Å²) in [6, 6.07) is 13.5. The number of aromatic nitrogens is 4. The highest BCUT2D eigenvalue weighted by Crippen LogP contribution is 2.62. The fourth-order valence-corrected chi connectivity index (χ4v) is 5.39. The van der Waals surface area contributed by atoms with Crippen LogP contribution in [0.2, 0.25) is 0 Å². The van der Waals surface area contributed by atoms with Gasteiger partial charge in [-0.05, 0) is 55.4 Å². The molecule has 1 aromatic carbocycles. The number of fused-ring (bicyclic) bond motifs is 2. The zero-order valence-corrected chi connectivity index (χ0v) is 16.3. The smallest absolute Gasteiger partial charge is 0.272 e. The molecule has 150 valence electrons. The first kappa shape index (κ1) is 17.4. The molecule has 0 unspecified atom stereocenters. The minimum Gasteiger partial charge on any atom is -0.348 e. The highest BCUT2D eigenvalue weighted by molar-refractivity contribution is 5.97. The first-order chi connectivity index (χ1) is 14.6. The summed E-state index contributed by atoms with van der Waals surface area (Å²) in [6.45, 7) is 0. The molecule has 7 heteroatoms. The van der Waals surface area contributed by atoms with Crippen molar-refractivity contribution in [3.05, 3.63) is 70.4 Å². The summed E-state index contributed by atoms with van der Waals surface area (Å²) >= 11 is 0. The van der Waals surface area contributed by atoms with Crippen molar-refractivity contribution in [1.29, 1.82) is 0 Å². The average molecular weight is 399 g/mol. The molecular weight excluding hydrogens is 378 g/mol. The van der Waals surface area contributed by atoms with Gasteiger partial charge in [-0.15, -0.1) is 0 Å². The summed E-state index contributed by atoms with van der Waals surface area (Å²) in [5.74, 6) is 0.292. The summed E-state index contributed by atoms with van der Waals surface area (Å²) in [4.78, 5) is 31.9. The van der Waals surface area contributed by atoms with E-state index < -0.39 is 0 Å². The monoisotopic (exact) mass is 399 g/mol. The maximum atomic E-state index is 12.6. The van der Waals surface area contributed by atoms with E-state index in [0.29, 0.717) is 22.4 Å². The SMILES string of the molecule is O=C(N[C@H]1CC2(C1)C[C@H](c1n[nH]c(=O)c3ccccc31)C2)c1cc2cccnc2[nH]1. The third kappa shape index (κ3) is 2.65. The Hall–Kier alpha value is -3.48. The Kier molecular flexibility index (Phi) is 3.63. The van der Waals surface area contributed by atoms with E-state index in [1.54, 1.807) is 6.20 Å². The van der Waals surface area contributed by atoms with E-state index in [4.69, 9.17) is 0 Å². The van der Waals surface area contributed by atoms with Gasteiger partial charge in [0.25, 0.3) is 11.5 Å². The van der Waals surface area contributed by atoms with Crippen LogP contribution >= 0.6 is 0 Å². The topological polar surface area (TPSA) is 104 Å². The number of nitrogens with zero attached hydrogens (tertiary/aromatic N) is 2. The maximum Gasteiger partial charge on any atom is 0.272 e. The third-order valence-corrected chi connectivity index (χ3v) is 6.80. The largest absolute Gasteiger partial charge is 0.348 e. The summed E-state index contributed by atoms with van der Waals surface area (Å²) in [5, 5.41) is 12.8. The molecule has 7 nitrogen and oxygen atoms in total. The van der Waals surface area contributed by atoms with Gasteiger partial charge in [-0.25, -0.2) is 10.1 Å². The van der Waals surface area contributed by atoms with E-state index in [2.05, 4.69) is 25.5 Å². The van der Waals surface area contributed by atoms with E-state index in [1.807, 2.05) is 42.5 Å². The maximum absolute atomic E-state index is 12.6. The van der Waals surface area contributed by atoms with E-state index in [1.165, 1.54) is 0 Å². The number of carbonyl (C=O) groups is 1. The fraction of sp³-hybridized carbons (Fsp3) is 0.304. The number of H-pyrrole nitrogens is 2. The highest BCUT2D eigenvalue weighted by Gasteiger charge is 2.54. The standard InChI is InChI=1S/C23H21N5O2/c29-21-17-6-2-1-5-16(17)19(27-28-21)14-9-23(10-14)11-15(12-23)25-22(30)18-8-13-4-3-7-24-20(13)26-18/h1-8,14-15H,9-12H2,(H,24,26)(H,25,30)(H,28,29)/t14-,15-,23?. The van der Waals surface area contributed by atoms with Gasteiger partial charge in [0.05, 0.1) is 11.1 Å². The normalized spacial score (nSPS) is 25.2. The van der Waals surface area contributed by atoms with Crippen molar-refractivity contribution in [3.63, 3.8) is 0 Å². The van der Waals surface area contributed by atoms with Crippen LogP contribution in [0.3, 0.4) is 0 Å². The molecule has 0 bridgehead atoms. The predicted octanol–water partition coefficient (Wildman–Crippen LogP) is 3.26. The Morgan fingerprint density at radius 1 is 1.07 bits per heavy atom. The van der Waals surface area contributed by atoms with Crippen molar-refractivity contribution in [3.8, 4) is 0 Å². The van der Waals surface area contributed by atoms with Gasteiger partial charge in [0.1, 0.15) is 11.3 Å². The van der Waals surface area contributed by atoms with Gasteiger partial charge >= 0.3 is 0 Å². The second-order valence-electron chi connectivity index (χ2n) is 8.79. The van der Waals surface area contributed by atoms with Crippen LogP contribution < -0.4 is 10.9 Å². The number of hydrogen-bond donors (Lipinski definition) is 3. The van der Waals surface area contributed by atoms with E-state index in [0.717, 1.165) is 47.8 Å². The molecule has 2 aliphatic carbocycles. The van der Waals surface area contributed by atoms with Crippen LogP contribution in [-0.2, 0) is 0 Å². The van der Waals surface area contributed by atoms with Crippen molar-refractivity contribution in [2.45, 2.75) is 37.6 Å². The minimum absolute atomic E-state index is 0.0722. The van der Waals surface area contributed by atoms with Crippen LogP contribution in [0, 0.1) is 5.41 Å². The first-order valence-electron chi connectivity index (χ1n) is 10.3. The summed E-state index contributed by atoms with van der Waals surface area (Å²) in [5.41, 5.74) is 2.44. The molecule has 2 fully saturated rings. The van der Waals surface area contributed by atoms with Gasteiger partial charge in [-0.2, -0.15) is 5.10 Å². The molecule has 2 saturated carbocycles. The molecule has 3 N–H and O–H groups in total. The van der Waals surface area contributed by atoms with E-state index in [9.17, 15) is 9.59 Å². The van der Waals surface area contributed by atoms with Crippen molar-refractivity contribution in [1.82, 2.24) is 25.5 Å². The number of rotatable bonds is 3. The number of nitrogens with one attached hydrogen (secondary N) is 3. The Morgan fingerprint density at radius 3 is 2.67 bits per heavy atom. The highest BCUT2D eigenvalue weighted by atomic mass is 16.2. The molecule has 0 saturated heterocycles. The number of hydrogen-bond acceptors (Lipinski definition) is 4. The molecule has 3 aromatic heterocycles. The van der Waals surface area contributed by atoms with Crippen LogP contribution in [0.25, 0.3) is 21.8 Å². The van der Waals surface area contributed by atoms with Crippen molar-refractivity contribution < 1.29 is 4.79 Å². The van der Waals surface area contributed by atoms with Gasteiger partial charge in [-0.1, -0.05) is 18.2 Å². The van der Waals surface area contributed by atoms with Crippen LogP contribution in [0.4, 0.5) is 0 Å². The Balaban J connectivity index is 1.11. The second kappa shape index (κ2) is 6.26. The number of pyridine rings is 1. The lowest BCUT2D eigenvalue weighted by Gasteiger charge is -2.57. The van der Waals surface area contributed by atoms with Gasteiger partial charge in [0, 0.05) is 28.9 Å². The van der Waals surface area contributed by atoms with Crippen molar-refractivity contribution in [2.75, 3.05) is 0 Å². The Morgan fingerprint density at radius 2 is 1.87 bits per heavy atom. The first-order valence-corrected chi connectivity index (χ1v) is 10.3. The van der Waals surface area contributed by atoms with Crippen molar-refractivity contribution in [2.24, 2.45) is 5.41 Å². The van der Waals surface area contributed by atoms with Gasteiger partial charge < -0.3 is 10.3 Å². The molecule has 1 spiro atoms. The van der Waals surface area contributed by atoms with Crippen LogP contribution in [0.5, 0.6) is 0 Å². The van der Waals surface area contributed by atoms with Gasteiger partial charge in [-0.3, -0.25) is 9.59 Å². The number of amides is 1. The molecule has 30 heavy (non-hydrogen) atoms. The van der Waals surface area contributed by atoms with Crippen LogP contribution in [0.15, 0.2) is 53.5 Å². The number of aromatic amines is 2. The fourth-order valence-electron chi connectivity index (χ4n) is 5.39. The molecule has 2 aliphatic rings. The van der Waals surface area contributed by atoms with E-state index in [-0.39, 0.29) is 17.5 Å². The molecule has 3 heterocycles. The molecule has 1 amide bonds. The summed E-state index contributed by atoms with van der Waals surface area (Å²) in [7, 11) is 0. The predicted molar refractivity (Wildman–Crippen MR) is 113 cm³/mol. The minimum atomic E-state index is -0.137. The summed E-state index contributed by atoms with van der Waals surface area (Å²) in [6.07, 6.45) is 5.81. The third-order valence-electron chi connectivity index (χ3n) is 6.80. The average Bonchev–Trinajstić information content (AvgIpc) is 3.14. The molecule has 0 radical (unpaired) electrons. The quantitative estimate of drug-likeness (QED) is 0.492. The number of benzene rings is 1. The Labute approximate surface area is 171 Å². The lowest BCUT2D eigenvalue weighted by atomic mass is 9.49. The van der Waals surface area contributed by atoms with Crippen LogP contribution in [-0.4, -0.2) is 32.1 Å².